The van der Waals surface area contributed by atoms with Gasteiger partial charge in [0, 0.05) is 16.5 Å². The molecule has 0 saturated carbocycles. The predicted octanol–water partition coefficient (Wildman–Crippen LogP) is 5.50. The summed E-state index contributed by atoms with van der Waals surface area (Å²) >= 11 is 7.14. The maximum Gasteiger partial charge on any atom is 0.341 e. The Labute approximate surface area is 186 Å². The number of nitrogens with zero attached hydrogens (tertiary/aromatic N) is 1. The number of rotatable bonds is 5. The Balaban J connectivity index is 1.76. The molecule has 9 heteroatoms. The van der Waals surface area contributed by atoms with Crippen LogP contribution in [0.15, 0.2) is 42.5 Å². The second kappa shape index (κ2) is 8.49. The maximum absolute atomic E-state index is 12.9. The summed E-state index contributed by atoms with van der Waals surface area (Å²) in [6, 6.07) is 11.8. The number of nitro groups is 1. The van der Waals surface area contributed by atoms with Crippen LogP contribution in [0.4, 0.5) is 10.7 Å². The van der Waals surface area contributed by atoms with E-state index in [1.165, 1.54) is 29.0 Å². The summed E-state index contributed by atoms with van der Waals surface area (Å²) in [5, 5.41) is 14.2. The summed E-state index contributed by atoms with van der Waals surface area (Å²) in [5.74, 6) is -1.08. The summed E-state index contributed by atoms with van der Waals surface area (Å²) in [6.07, 6.45) is 1.43. The lowest BCUT2D eigenvalue weighted by atomic mass is 9.89. The fourth-order valence-electron chi connectivity index (χ4n) is 3.62. The van der Waals surface area contributed by atoms with E-state index in [9.17, 15) is 19.7 Å². The van der Waals surface area contributed by atoms with E-state index in [1.54, 1.807) is 6.92 Å². The zero-order valence-corrected chi connectivity index (χ0v) is 18.0. The molecule has 31 heavy (non-hydrogen) atoms. The highest BCUT2D eigenvalue weighted by Gasteiger charge is 2.30. The van der Waals surface area contributed by atoms with E-state index in [2.05, 4.69) is 5.32 Å². The van der Waals surface area contributed by atoms with E-state index >= 15 is 0 Å². The van der Waals surface area contributed by atoms with Gasteiger partial charge in [0.1, 0.15) is 10.0 Å². The number of carbonyl (C=O) groups is 2. The number of esters is 1. The summed E-state index contributed by atoms with van der Waals surface area (Å²) in [6.45, 7) is 1.92. The van der Waals surface area contributed by atoms with Crippen molar-refractivity contribution in [3.63, 3.8) is 0 Å². The smallest absolute Gasteiger partial charge is 0.341 e. The minimum atomic E-state index is -0.649. The molecule has 1 N–H and O–H groups in total. The van der Waals surface area contributed by atoms with E-state index in [0.717, 1.165) is 28.5 Å². The molecular weight excluding hydrogens is 440 g/mol. The first-order valence-electron chi connectivity index (χ1n) is 9.57. The second-order valence-corrected chi connectivity index (χ2v) is 8.30. The minimum Gasteiger partial charge on any atom is -0.462 e. The van der Waals surface area contributed by atoms with Crippen molar-refractivity contribution in [3.8, 4) is 10.4 Å². The lowest BCUT2D eigenvalue weighted by molar-refractivity contribution is -0.384. The molecule has 0 atom stereocenters. The highest BCUT2D eigenvalue weighted by Crippen LogP contribution is 2.45. The van der Waals surface area contributed by atoms with Crippen LogP contribution >= 0.6 is 22.9 Å². The van der Waals surface area contributed by atoms with Crippen molar-refractivity contribution in [2.75, 3.05) is 11.9 Å². The van der Waals surface area contributed by atoms with Gasteiger partial charge < -0.3 is 10.1 Å². The first-order valence-corrected chi connectivity index (χ1v) is 10.8. The zero-order chi connectivity index (χ0) is 22.1. The molecular formula is C22H17ClN2O5S. The first kappa shape index (κ1) is 21.0. The van der Waals surface area contributed by atoms with Gasteiger partial charge in [-0.2, -0.15) is 0 Å². The van der Waals surface area contributed by atoms with Crippen LogP contribution < -0.4 is 5.32 Å². The number of carbonyl (C=O) groups excluding carboxylic acids is 2. The first-order chi connectivity index (χ1) is 14.9. The number of hydrogen-bond donors (Lipinski definition) is 1. The Hall–Kier alpha value is -3.23. The van der Waals surface area contributed by atoms with Crippen molar-refractivity contribution in [2.24, 2.45) is 0 Å². The number of nitrogens with one attached hydrogen (secondary N) is 1. The van der Waals surface area contributed by atoms with E-state index in [-0.39, 0.29) is 22.9 Å². The Bertz CT molecular complexity index is 1220. The summed E-state index contributed by atoms with van der Waals surface area (Å²) < 4.78 is 5.24. The molecule has 1 aromatic heterocycles. The number of ether oxygens (including phenoxy) is 1. The van der Waals surface area contributed by atoms with Gasteiger partial charge in [0.2, 0.25) is 0 Å². The lowest BCUT2D eigenvalue weighted by Crippen LogP contribution is -2.16. The Morgan fingerprint density at radius 2 is 2.00 bits per heavy atom. The largest absolute Gasteiger partial charge is 0.462 e. The van der Waals surface area contributed by atoms with Crippen molar-refractivity contribution in [1.82, 2.24) is 0 Å². The van der Waals surface area contributed by atoms with Crippen LogP contribution in [0.1, 0.15) is 38.8 Å². The molecule has 2 aromatic carbocycles. The van der Waals surface area contributed by atoms with Crippen molar-refractivity contribution >= 4 is 45.5 Å². The van der Waals surface area contributed by atoms with E-state index < -0.39 is 16.8 Å². The molecule has 0 spiro atoms. The van der Waals surface area contributed by atoms with Crippen LogP contribution in [0.3, 0.4) is 0 Å². The molecule has 0 saturated heterocycles. The topological polar surface area (TPSA) is 98.5 Å². The summed E-state index contributed by atoms with van der Waals surface area (Å²) in [5.41, 5.74) is 3.10. The summed E-state index contributed by atoms with van der Waals surface area (Å²) in [4.78, 5) is 37.0. The fourth-order valence-corrected chi connectivity index (χ4v) is 5.10. The highest BCUT2D eigenvalue weighted by molar-refractivity contribution is 7.20. The van der Waals surface area contributed by atoms with Gasteiger partial charge >= 0.3 is 5.97 Å². The minimum absolute atomic E-state index is 0.0584. The quantitative estimate of drug-likeness (QED) is 0.310. The normalized spacial score (nSPS) is 11.9. The SMILES string of the molecule is CCOC(=O)c1c(NC(=O)c2ccc(Cl)c([N+](=O)[O-])c2)sc2c1CCc1ccccc1-2. The van der Waals surface area contributed by atoms with E-state index in [1.807, 2.05) is 24.3 Å². The molecule has 1 amide bonds. The van der Waals surface area contributed by atoms with Gasteiger partial charge in [0.05, 0.1) is 17.1 Å². The number of amides is 1. The monoisotopic (exact) mass is 456 g/mol. The van der Waals surface area contributed by atoms with Crippen molar-refractivity contribution in [1.29, 1.82) is 0 Å². The third kappa shape index (κ3) is 3.92. The average molecular weight is 457 g/mol. The third-order valence-electron chi connectivity index (χ3n) is 5.03. The van der Waals surface area contributed by atoms with Gasteiger partial charge in [0.15, 0.2) is 0 Å². The molecule has 0 unspecified atom stereocenters. The number of halogens is 1. The predicted molar refractivity (Wildman–Crippen MR) is 119 cm³/mol. The maximum atomic E-state index is 12.9. The van der Waals surface area contributed by atoms with E-state index in [4.69, 9.17) is 16.3 Å². The molecule has 1 heterocycles. The van der Waals surface area contributed by atoms with Crippen LogP contribution in [-0.2, 0) is 17.6 Å². The Kier molecular flexibility index (Phi) is 5.75. The highest BCUT2D eigenvalue weighted by atomic mass is 35.5. The molecule has 0 bridgehead atoms. The lowest BCUT2D eigenvalue weighted by Gasteiger charge is -2.16. The van der Waals surface area contributed by atoms with E-state index in [0.29, 0.717) is 17.0 Å². The Morgan fingerprint density at radius 1 is 1.23 bits per heavy atom. The second-order valence-electron chi connectivity index (χ2n) is 6.87. The van der Waals surface area contributed by atoms with Crippen LogP contribution in [0.25, 0.3) is 10.4 Å². The molecule has 3 aromatic rings. The van der Waals surface area contributed by atoms with Gasteiger partial charge in [-0.1, -0.05) is 35.9 Å². The molecule has 4 rings (SSSR count). The molecule has 0 aliphatic heterocycles. The Morgan fingerprint density at radius 3 is 2.74 bits per heavy atom. The zero-order valence-electron chi connectivity index (χ0n) is 16.4. The number of aryl methyl sites for hydroxylation is 1. The average Bonchev–Trinajstić information content (AvgIpc) is 3.12. The standard InChI is InChI=1S/C22H17ClN2O5S/c1-2-30-22(27)18-15-9-7-12-5-3-4-6-14(12)19(15)31-21(18)24-20(26)13-8-10-16(23)17(11-13)25(28)29/h3-6,8,10-11H,2,7,9H2,1H3,(H,24,26). The van der Waals surface area contributed by atoms with Crippen molar-refractivity contribution in [2.45, 2.75) is 19.8 Å². The number of nitro benzene ring substituents is 1. The number of fused-ring (bicyclic) bond motifs is 3. The van der Waals surface area contributed by atoms with Gasteiger partial charge in [-0.15, -0.1) is 11.3 Å². The number of anilines is 1. The molecule has 0 fully saturated rings. The van der Waals surface area contributed by atoms with Gasteiger partial charge in [0.25, 0.3) is 11.6 Å². The van der Waals surface area contributed by atoms with Crippen LogP contribution in [0.5, 0.6) is 0 Å². The van der Waals surface area contributed by atoms with Gasteiger partial charge in [-0.05, 0) is 48.6 Å². The molecule has 7 nitrogen and oxygen atoms in total. The molecule has 1 aliphatic rings. The van der Waals surface area contributed by atoms with Gasteiger partial charge in [-0.25, -0.2) is 4.79 Å². The van der Waals surface area contributed by atoms with Gasteiger partial charge in [-0.3, -0.25) is 14.9 Å². The fraction of sp³-hybridized carbons (Fsp3) is 0.182. The number of hydrogen-bond acceptors (Lipinski definition) is 6. The molecule has 158 valence electrons. The molecule has 1 aliphatic carbocycles. The number of benzene rings is 2. The summed E-state index contributed by atoms with van der Waals surface area (Å²) in [7, 11) is 0. The third-order valence-corrected chi connectivity index (χ3v) is 6.53. The van der Waals surface area contributed by atoms with Crippen molar-refractivity contribution < 1.29 is 19.2 Å². The van der Waals surface area contributed by atoms with Crippen molar-refractivity contribution in [3.05, 3.63) is 79.9 Å². The van der Waals surface area contributed by atoms with Crippen LogP contribution in [-0.4, -0.2) is 23.4 Å². The number of thiophene rings is 1. The molecule has 0 radical (unpaired) electrons. The van der Waals surface area contributed by atoms with Crippen LogP contribution in [0.2, 0.25) is 5.02 Å². The van der Waals surface area contributed by atoms with Crippen LogP contribution in [0, 0.1) is 10.1 Å².